The lowest BCUT2D eigenvalue weighted by Gasteiger charge is -2.05. The first-order valence-corrected chi connectivity index (χ1v) is 9.43. The Morgan fingerprint density at radius 1 is 0.680 bits per heavy atom. The van der Waals surface area contributed by atoms with Gasteiger partial charge in [-0.2, -0.15) is 13.5 Å². The number of esters is 2. The second kappa shape index (κ2) is 17.8. The summed E-state index contributed by atoms with van der Waals surface area (Å²) in [6.45, 7) is 9.63. The van der Waals surface area contributed by atoms with Crippen LogP contribution < -0.4 is 0 Å². The number of carbonyl (C=O) groups is 2. The molecule has 0 heterocycles. The van der Waals surface area contributed by atoms with Gasteiger partial charge in [-0.15, -0.1) is 0 Å². The van der Waals surface area contributed by atoms with Gasteiger partial charge < -0.3 is 9.47 Å². The maximum atomic E-state index is 11.5. The molecule has 5 heteroatoms. The first-order valence-electron chi connectivity index (χ1n) is 9.43. The van der Waals surface area contributed by atoms with Gasteiger partial charge in [0, 0.05) is 12.2 Å². The number of ether oxygens (including phenoxy) is 2. The van der Waals surface area contributed by atoms with Gasteiger partial charge in [-0.1, -0.05) is 66.2 Å². The maximum Gasteiger partial charge on any atom is 0.331 e. The predicted molar refractivity (Wildman–Crippen MR) is 108 cm³/mol. The number of hydrogen-bond acceptors (Lipinski definition) is 4. The van der Waals surface area contributed by atoms with E-state index >= 15 is 0 Å². The van der Waals surface area contributed by atoms with Gasteiger partial charge in [-0.05, 0) is 24.7 Å². The first-order chi connectivity index (χ1) is 11.4. The third-order valence-corrected chi connectivity index (χ3v) is 3.70. The third kappa shape index (κ3) is 21.0. The summed E-state index contributed by atoms with van der Waals surface area (Å²) in [5, 5.41) is 0. The fourth-order valence-corrected chi connectivity index (χ4v) is 2.24. The average Bonchev–Trinajstić information content (AvgIpc) is 2.51. The van der Waals surface area contributed by atoms with Crippen molar-refractivity contribution >= 4 is 25.4 Å². The first kappa shape index (κ1) is 26.3. The van der Waals surface area contributed by atoms with E-state index in [1.165, 1.54) is 12.8 Å². The van der Waals surface area contributed by atoms with Crippen LogP contribution in [0.3, 0.4) is 0 Å². The van der Waals surface area contributed by atoms with E-state index in [2.05, 4.69) is 27.7 Å². The Kier molecular flexibility index (Phi) is 18.7. The average molecular weight is 375 g/mol. The lowest BCUT2D eigenvalue weighted by atomic mass is 10.1. The Morgan fingerprint density at radius 3 is 1.36 bits per heavy atom. The van der Waals surface area contributed by atoms with Crippen molar-refractivity contribution in [2.75, 3.05) is 13.2 Å². The molecule has 0 bridgehead atoms. The van der Waals surface area contributed by atoms with Gasteiger partial charge in [-0.25, -0.2) is 9.59 Å². The molecular weight excluding hydrogens is 336 g/mol. The molecule has 0 N–H and O–H groups in total. The summed E-state index contributed by atoms with van der Waals surface area (Å²) in [4.78, 5) is 22.9. The summed E-state index contributed by atoms with van der Waals surface area (Å²) >= 11 is 0. The van der Waals surface area contributed by atoms with Gasteiger partial charge in [0.25, 0.3) is 0 Å². The minimum Gasteiger partial charge on any atom is -0.463 e. The van der Waals surface area contributed by atoms with Crippen LogP contribution >= 0.6 is 13.5 Å². The largest absolute Gasteiger partial charge is 0.463 e. The number of unbranched alkanes of at least 4 members (excludes halogenated alkanes) is 4. The molecule has 0 aromatic rings. The summed E-state index contributed by atoms with van der Waals surface area (Å²) < 4.78 is 10.1. The van der Waals surface area contributed by atoms with Crippen molar-refractivity contribution in [3.63, 3.8) is 0 Å². The molecular formula is C20H38O4S. The molecule has 0 aromatic heterocycles. The minimum absolute atomic E-state index is 0. The highest BCUT2D eigenvalue weighted by Gasteiger charge is 2.02. The van der Waals surface area contributed by atoms with Crippen molar-refractivity contribution in [1.29, 1.82) is 0 Å². The normalized spacial score (nSPS) is 11.0. The molecule has 4 nitrogen and oxygen atoms in total. The van der Waals surface area contributed by atoms with E-state index in [1.807, 2.05) is 0 Å². The third-order valence-electron chi connectivity index (χ3n) is 3.70. The molecule has 0 spiro atoms. The maximum absolute atomic E-state index is 11.5. The van der Waals surface area contributed by atoms with E-state index in [0.29, 0.717) is 13.2 Å². The highest BCUT2D eigenvalue weighted by Crippen LogP contribution is 2.08. The topological polar surface area (TPSA) is 52.6 Å². The molecule has 0 aliphatic rings. The molecule has 0 atom stereocenters. The van der Waals surface area contributed by atoms with E-state index in [4.69, 9.17) is 9.47 Å². The molecule has 0 aliphatic carbocycles. The molecule has 0 aromatic carbocycles. The van der Waals surface area contributed by atoms with Gasteiger partial charge in [0.1, 0.15) is 0 Å². The van der Waals surface area contributed by atoms with Gasteiger partial charge >= 0.3 is 11.9 Å². The highest BCUT2D eigenvalue weighted by atomic mass is 32.1. The standard InChI is InChI=1S/C20H36O4.H2S/c1-17(2)11-7-5-9-15-23-19(21)13-14-20(22)24-16-10-6-8-12-18(3)4;/h13-14,17-18H,5-12,15-16H2,1-4H3;1H2/b14-13-;. The quantitative estimate of drug-likeness (QED) is 0.239. The predicted octanol–water partition coefficient (Wildman–Crippen LogP) is 5.17. The number of carbonyl (C=O) groups excluding carboxylic acids is 2. The lowest BCUT2D eigenvalue weighted by molar-refractivity contribution is -0.140. The summed E-state index contributed by atoms with van der Waals surface area (Å²) in [5.74, 6) is 0.480. The van der Waals surface area contributed by atoms with Gasteiger partial charge in [0.15, 0.2) is 0 Å². The van der Waals surface area contributed by atoms with E-state index in [-0.39, 0.29) is 13.5 Å². The summed E-state index contributed by atoms with van der Waals surface area (Å²) in [5.41, 5.74) is 0. The van der Waals surface area contributed by atoms with E-state index in [9.17, 15) is 9.59 Å². The zero-order valence-corrected chi connectivity index (χ0v) is 17.5. The van der Waals surface area contributed by atoms with Gasteiger partial charge in [0.2, 0.25) is 0 Å². The van der Waals surface area contributed by atoms with Crippen LogP contribution in [0.25, 0.3) is 0 Å². The molecule has 0 unspecified atom stereocenters. The Hall–Kier alpha value is -0.970. The SMILES string of the molecule is CC(C)CCCCCOC(=O)/C=C\C(=O)OCCCCCC(C)C.S. The van der Waals surface area contributed by atoms with E-state index in [1.54, 1.807) is 0 Å². The molecule has 0 radical (unpaired) electrons. The van der Waals surface area contributed by atoms with Crippen molar-refractivity contribution in [3.8, 4) is 0 Å². The molecule has 0 aliphatic heterocycles. The van der Waals surface area contributed by atoms with Crippen LogP contribution in [0.1, 0.15) is 79.1 Å². The van der Waals surface area contributed by atoms with Crippen molar-refractivity contribution in [1.82, 2.24) is 0 Å². The lowest BCUT2D eigenvalue weighted by Crippen LogP contribution is -2.06. The second-order valence-corrected chi connectivity index (χ2v) is 7.15. The highest BCUT2D eigenvalue weighted by molar-refractivity contribution is 7.59. The Bertz CT molecular complexity index is 331. The molecule has 0 saturated carbocycles. The van der Waals surface area contributed by atoms with Crippen LogP contribution in [-0.2, 0) is 19.1 Å². The van der Waals surface area contributed by atoms with Gasteiger partial charge in [-0.3, -0.25) is 0 Å². The monoisotopic (exact) mass is 374 g/mol. The smallest absolute Gasteiger partial charge is 0.331 e. The summed E-state index contributed by atoms with van der Waals surface area (Å²) in [6.07, 6.45) is 10.9. The molecule has 0 rings (SSSR count). The van der Waals surface area contributed by atoms with Crippen LogP contribution in [-0.4, -0.2) is 25.2 Å². The molecule has 25 heavy (non-hydrogen) atoms. The fraction of sp³-hybridized carbons (Fsp3) is 0.800. The zero-order chi connectivity index (χ0) is 18.2. The molecule has 0 amide bonds. The minimum atomic E-state index is -0.479. The summed E-state index contributed by atoms with van der Waals surface area (Å²) in [6, 6.07) is 0. The number of rotatable bonds is 14. The molecule has 148 valence electrons. The Morgan fingerprint density at radius 2 is 1.04 bits per heavy atom. The van der Waals surface area contributed by atoms with Crippen LogP contribution in [0.2, 0.25) is 0 Å². The van der Waals surface area contributed by atoms with Gasteiger partial charge in [0.05, 0.1) is 13.2 Å². The zero-order valence-electron chi connectivity index (χ0n) is 16.5. The van der Waals surface area contributed by atoms with E-state index < -0.39 is 11.9 Å². The van der Waals surface area contributed by atoms with Crippen molar-refractivity contribution < 1.29 is 19.1 Å². The van der Waals surface area contributed by atoms with Crippen molar-refractivity contribution in [2.45, 2.75) is 79.1 Å². The van der Waals surface area contributed by atoms with E-state index in [0.717, 1.165) is 62.5 Å². The number of hydrogen-bond donors (Lipinski definition) is 0. The van der Waals surface area contributed by atoms with Crippen LogP contribution in [0.4, 0.5) is 0 Å². The van der Waals surface area contributed by atoms with Crippen LogP contribution in [0.15, 0.2) is 12.2 Å². The van der Waals surface area contributed by atoms with Crippen molar-refractivity contribution in [2.24, 2.45) is 11.8 Å². The summed E-state index contributed by atoms with van der Waals surface area (Å²) in [7, 11) is 0. The molecule has 0 saturated heterocycles. The van der Waals surface area contributed by atoms with Crippen molar-refractivity contribution in [3.05, 3.63) is 12.2 Å². The second-order valence-electron chi connectivity index (χ2n) is 7.15. The Labute approximate surface area is 161 Å². The molecule has 0 fully saturated rings. The van der Waals surface area contributed by atoms with Crippen LogP contribution in [0, 0.1) is 11.8 Å². The Balaban J connectivity index is 0. The fourth-order valence-electron chi connectivity index (χ4n) is 2.24. The van der Waals surface area contributed by atoms with Crippen LogP contribution in [0.5, 0.6) is 0 Å².